The van der Waals surface area contributed by atoms with Crippen molar-refractivity contribution in [3.05, 3.63) is 0 Å². The summed E-state index contributed by atoms with van der Waals surface area (Å²) in [5.41, 5.74) is 0. The van der Waals surface area contributed by atoms with E-state index in [1.54, 1.807) is 6.21 Å². The Labute approximate surface area is 52.7 Å². The van der Waals surface area contributed by atoms with E-state index in [1.165, 1.54) is 0 Å². The van der Waals surface area contributed by atoms with Gasteiger partial charge in [0.05, 0.1) is 6.61 Å². The number of aliphatic hydroxyl groups excluding tert-OH is 2. The van der Waals surface area contributed by atoms with Crippen LogP contribution in [0.3, 0.4) is 0 Å². The average Bonchev–Trinajstić information content (AvgIpc) is 2.37. The van der Waals surface area contributed by atoms with E-state index in [0.717, 1.165) is 0 Å². The molecule has 0 unspecified atom stereocenters. The van der Waals surface area contributed by atoms with Crippen LogP contribution >= 0.6 is 0 Å². The van der Waals surface area contributed by atoms with E-state index in [-0.39, 0.29) is 12.7 Å². The maximum absolute atomic E-state index is 8.90. The smallest absolute Gasteiger partial charge is 0.160 e. The summed E-state index contributed by atoms with van der Waals surface area (Å²) in [7, 11) is 0. The molecular weight excluding hydrogens is 122 g/mol. The quantitative estimate of drug-likeness (QED) is 0.511. The lowest BCUT2D eigenvalue weighted by atomic mass is 10.2. The van der Waals surface area contributed by atoms with Crippen molar-refractivity contribution in [2.24, 2.45) is 5.16 Å². The van der Waals surface area contributed by atoms with Crippen LogP contribution in [0.2, 0.25) is 0 Å². The minimum Gasteiger partial charge on any atom is -0.394 e. The van der Waals surface area contributed by atoms with E-state index in [9.17, 15) is 0 Å². The lowest BCUT2D eigenvalue weighted by Gasteiger charge is -2.11. The SMILES string of the molecule is OC[C@@H](O)[C@@H]1CC=NO1. The van der Waals surface area contributed by atoms with Crippen LogP contribution in [0.1, 0.15) is 6.42 Å². The largest absolute Gasteiger partial charge is 0.394 e. The van der Waals surface area contributed by atoms with E-state index in [1.807, 2.05) is 0 Å². The molecular formula is C5H9NO3. The third-order valence-corrected chi connectivity index (χ3v) is 1.22. The molecule has 2 atom stereocenters. The van der Waals surface area contributed by atoms with Crippen LogP contribution in [-0.4, -0.2) is 35.2 Å². The Bertz CT molecular complexity index is 107. The Balaban J connectivity index is 2.27. The molecule has 0 saturated carbocycles. The zero-order valence-corrected chi connectivity index (χ0v) is 4.90. The van der Waals surface area contributed by atoms with E-state index in [2.05, 4.69) is 9.99 Å². The van der Waals surface area contributed by atoms with Gasteiger partial charge in [-0.2, -0.15) is 0 Å². The van der Waals surface area contributed by atoms with E-state index >= 15 is 0 Å². The molecule has 0 saturated heterocycles. The monoisotopic (exact) mass is 131 g/mol. The van der Waals surface area contributed by atoms with Crippen molar-refractivity contribution in [2.45, 2.75) is 18.6 Å². The Hall–Kier alpha value is -0.610. The molecule has 0 bridgehead atoms. The number of nitrogens with zero attached hydrogens (tertiary/aromatic N) is 1. The predicted molar refractivity (Wildman–Crippen MR) is 31.1 cm³/mol. The molecule has 52 valence electrons. The molecule has 0 aromatic rings. The van der Waals surface area contributed by atoms with E-state index in [4.69, 9.17) is 10.2 Å². The fraction of sp³-hybridized carbons (Fsp3) is 0.800. The Kier molecular flexibility index (Phi) is 2.02. The third kappa shape index (κ3) is 1.40. The Morgan fingerprint density at radius 1 is 1.89 bits per heavy atom. The number of hydrogen-bond donors (Lipinski definition) is 2. The fourth-order valence-corrected chi connectivity index (χ4v) is 0.656. The molecule has 9 heavy (non-hydrogen) atoms. The molecule has 0 fully saturated rings. The predicted octanol–water partition coefficient (Wildman–Crippen LogP) is -0.886. The molecule has 1 aliphatic rings. The standard InChI is InChI=1S/C5H9NO3/c7-3-4(8)5-1-2-6-9-5/h2,4-5,7-8H,1,3H2/t4-,5+/m1/s1. The first-order valence-corrected chi connectivity index (χ1v) is 2.81. The normalized spacial score (nSPS) is 28.0. The third-order valence-electron chi connectivity index (χ3n) is 1.22. The minimum absolute atomic E-state index is 0.270. The lowest BCUT2D eigenvalue weighted by Crippen LogP contribution is -2.28. The van der Waals surface area contributed by atoms with Gasteiger partial charge in [0.1, 0.15) is 6.10 Å². The highest BCUT2D eigenvalue weighted by atomic mass is 16.6. The van der Waals surface area contributed by atoms with Gasteiger partial charge < -0.3 is 15.1 Å². The van der Waals surface area contributed by atoms with Crippen molar-refractivity contribution in [3.8, 4) is 0 Å². The van der Waals surface area contributed by atoms with Crippen molar-refractivity contribution in [3.63, 3.8) is 0 Å². The highest BCUT2D eigenvalue weighted by Crippen LogP contribution is 2.08. The van der Waals surface area contributed by atoms with Crippen molar-refractivity contribution in [1.82, 2.24) is 0 Å². The second-order valence-corrected chi connectivity index (χ2v) is 1.92. The maximum atomic E-state index is 8.90. The first kappa shape index (κ1) is 6.51. The summed E-state index contributed by atoms with van der Waals surface area (Å²) in [4.78, 5) is 4.67. The number of hydrogen-bond acceptors (Lipinski definition) is 4. The Morgan fingerprint density at radius 2 is 2.67 bits per heavy atom. The molecule has 0 aromatic carbocycles. The van der Waals surface area contributed by atoms with Gasteiger partial charge >= 0.3 is 0 Å². The summed E-state index contributed by atoms with van der Waals surface area (Å²) in [5, 5.41) is 20.8. The summed E-state index contributed by atoms with van der Waals surface area (Å²) in [6.45, 7) is -0.270. The van der Waals surface area contributed by atoms with Gasteiger partial charge in [0.2, 0.25) is 0 Å². The molecule has 0 aromatic heterocycles. The number of rotatable bonds is 2. The van der Waals surface area contributed by atoms with Crippen LogP contribution in [0.25, 0.3) is 0 Å². The summed E-state index contributed by atoms with van der Waals surface area (Å²) >= 11 is 0. The van der Waals surface area contributed by atoms with Gasteiger partial charge in [0, 0.05) is 12.6 Å². The van der Waals surface area contributed by atoms with Gasteiger partial charge in [-0.3, -0.25) is 0 Å². The Morgan fingerprint density at radius 3 is 3.11 bits per heavy atom. The summed E-state index contributed by atoms with van der Waals surface area (Å²) < 4.78 is 0. The molecule has 1 heterocycles. The van der Waals surface area contributed by atoms with Gasteiger partial charge in [-0.1, -0.05) is 5.16 Å². The summed E-state index contributed by atoms with van der Waals surface area (Å²) in [6, 6.07) is 0. The van der Waals surface area contributed by atoms with Gasteiger partial charge in [-0.15, -0.1) is 0 Å². The summed E-state index contributed by atoms with van der Waals surface area (Å²) in [6.07, 6.45) is 1.02. The van der Waals surface area contributed by atoms with Crippen LogP contribution in [-0.2, 0) is 4.84 Å². The second-order valence-electron chi connectivity index (χ2n) is 1.92. The molecule has 1 rings (SSSR count). The highest BCUT2D eigenvalue weighted by Gasteiger charge is 2.21. The van der Waals surface area contributed by atoms with Gasteiger partial charge in [0.15, 0.2) is 6.10 Å². The van der Waals surface area contributed by atoms with E-state index < -0.39 is 6.10 Å². The zero-order chi connectivity index (χ0) is 6.69. The fourth-order valence-electron chi connectivity index (χ4n) is 0.656. The molecule has 2 N–H and O–H groups in total. The van der Waals surface area contributed by atoms with E-state index in [0.29, 0.717) is 6.42 Å². The lowest BCUT2D eigenvalue weighted by molar-refractivity contribution is -0.0407. The highest BCUT2D eigenvalue weighted by molar-refractivity contribution is 5.58. The van der Waals surface area contributed by atoms with Crippen LogP contribution in [0.5, 0.6) is 0 Å². The first-order valence-electron chi connectivity index (χ1n) is 2.81. The molecule has 0 radical (unpaired) electrons. The average molecular weight is 131 g/mol. The van der Waals surface area contributed by atoms with Crippen molar-refractivity contribution in [1.29, 1.82) is 0 Å². The molecule has 0 spiro atoms. The van der Waals surface area contributed by atoms with Crippen LogP contribution in [0, 0.1) is 0 Å². The number of aliphatic hydroxyl groups is 2. The number of oxime groups is 1. The minimum atomic E-state index is -0.799. The molecule has 4 nitrogen and oxygen atoms in total. The van der Waals surface area contributed by atoms with Crippen LogP contribution < -0.4 is 0 Å². The first-order chi connectivity index (χ1) is 4.34. The van der Waals surface area contributed by atoms with Gasteiger partial charge in [-0.05, 0) is 0 Å². The maximum Gasteiger partial charge on any atom is 0.160 e. The van der Waals surface area contributed by atoms with Crippen molar-refractivity contribution < 1.29 is 15.1 Å². The second kappa shape index (κ2) is 2.80. The van der Waals surface area contributed by atoms with Gasteiger partial charge in [0.25, 0.3) is 0 Å². The molecule has 0 aliphatic carbocycles. The van der Waals surface area contributed by atoms with Crippen molar-refractivity contribution in [2.75, 3.05) is 6.61 Å². The topological polar surface area (TPSA) is 62.0 Å². The van der Waals surface area contributed by atoms with Crippen LogP contribution in [0.15, 0.2) is 5.16 Å². The molecule has 4 heteroatoms. The summed E-state index contributed by atoms with van der Waals surface area (Å²) in [5.74, 6) is 0. The van der Waals surface area contributed by atoms with Crippen LogP contribution in [0.4, 0.5) is 0 Å². The molecule has 1 aliphatic heterocycles. The van der Waals surface area contributed by atoms with Crippen molar-refractivity contribution >= 4 is 6.21 Å². The zero-order valence-electron chi connectivity index (χ0n) is 4.90. The molecule has 0 amide bonds. The van der Waals surface area contributed by atoms with Gasteiger partial charge in [-0.25, -0.2) is 0 Å².